The van der Waals surface area contributed by atoms with E-state index in [0.29, 0.717) is 0 Å². The van der Waals surface area contributed by atoms with Crippen molar-refractivity contribution in [2.24, 2.45) is 5.92 Å². The second-order valence-corrected chi connectivity index (χ2v) is 4.12. The molecule has 0 fully saturated rings. The first-order valence-corrected chi connectivity index (χ1v) is 4.91. The topological polar surface area (TPSA) is 0 Å². The lowest BCUT2D eigenvalue weighted by Gasteiger charge is -2.04. The van der Waals surface area contributed by atoms with Gasteiger partial charge in [0.15, 0.2) is 0 Å². The van der Waals surface area contributed by atoms with Gasteiger partial charge in [-0.1, -0.05) is 26.0 Å². The minimum Gasteiger partial charge on any atom is -0.143 e. The minimum absolute atomic E-state index is 0.792. The summed E-state index contributed by atoms with van der Waals surface area (Å²) >= 11 is 4.24. The van der Waals surface area contributed by atoms with Crippen molar-refractivity contribution in [2.75, 3.05) is 0 Å². The molecule has 12 heavy (non-hydrogen) atoms. The van der Waals surface area contributed by atoms with Crippen LogP contribution in [-0.4, -0.2) is 0 Å². The molecule has 0 heterocycles. The van der Waals surface area contributed by atoms with E-state index in [4.69, 9.17) is 0 Å². The van der Waals surface area contributed by atoms with Gasteiger partial charge in [0.05, 0.1) is 0 Å². The van der Waals surface area contributed by atoms with Crippen molar-refractivity contribution in [2.45, 2.75) is 31.6 Å². The maximum Gasteiger partial charge on any atom is 0.00401 e. The van der Waals surface area contributed by atoms with Crippen molar-refractivity contribution < 1.29 is 0 Å². The van der Waals surface area contributed by atoms with Gasteiger partial charge < -0.3 is 0 Å². The second-order valence-electron chi connectivity index (χ2n) is 3.60. The first-order valence-electron chi connectivity index (χ1n) is 4.46. The standard InChI is InChI=1S/C11H16S/c1-9(2)3-4-10-5-7-11(12)8-6-10/h5-9,12H,3-4H2,1-2H3. The maximum atomic E-state index is 4.24. The number of aryl methyl sites for hydroxylation is 1. The molecule has 66 valence electrons. The summed E-state index contributed by atoms with van der Waals surface area (Å²) in [5, 5.41) is 0. The van der Waals surface area contributed by atoms with E-state index in [1.54, 1.807) is 0 Å². The molecule has 0 bridgehead atoms. The van der Waals surface area contributed by atoms with E-state index in [-0.39, 0.29) is 0 Å². The van der Waals surface area contributed by atoms with Crippen molar-refractivity contribution in [3.05, 3.63) is 29.8 Å². The molecule has 1 aromatic carbocycles. The summed E-state index contributed by atoms with van der Waals surface area (Å²) in [6.07, 6.45) is 2.46. The highest BCUT2D eigenvalue weighted by atomic mass is 32.1. The summed E-state index contributed by atoms with van der Waals surface area (Å²) < 4.78 is 0. The molecule has 0 atom stereocenters. The molecule has 0 aliphatic heterocycles. The summed E-state index contributed by atoms with van der Waals surface area (Å²) in [6.45, 7) is 4.51. The smallest absolute Gasteiger partial charge is 0.00401 e. The maximum absolute atomic E-state index is 4.24. The molecule has 0 saturated heterocycles. The van der Waals surface area contributed by atoms with Gasteiger partial charge in [0.25, 0.3) is 0 Å². The summed E-state index contributed by atoms with van der Waals surface area (Å²) in [4.78, 5) is 1.04. The highest BCUT2D eigenvalue weighted by Crippen LogP contribution is 2.11. The van der Waals surface area contributed by atoms with Crippen LogP contribution in [0.1, 0.15) is 25.8 Å². The predicted octanol–water partition coefficient (Wildman–Crippen LogP) is 3.56. The minimum atomic E-state index is 0.792. The lowest BCUT2D eigenvalue weighted by Crippen LogP contribution is -1.91. The van der Waals surface area contributed by atoms with E-state index in [1.165, 1.54) is 18.4 Å². The molecule has 0 amide bonds. The van der Waals surface area contributed by atoms with Crippen molar-refractivity contribution in [1.82, 2.24) is 0 Å². The molecule has 1 heteroatoms. The third-order valence-electron chi connectivity index (χ3n) is 1.95. The first kappa shape index (κ1) is 9.66. The molecule has 1 rings (SSSR count). The predicted molar refractivity (Wildman–Crippen MR) is 56.9 cm³/mol. The van der Waals surface area contributed by atoms with Crippen LogP contribution in [0.15, 0.2) is 29.2 Å². The van der Waals surface area contributed by atoms with Crippen LogP contribution >= 0.6 is 12.6 Å². The van der Waals surface area contributed by atoms with E-state index >= 15 is 0 Å². The van der Waals surface area contributed by atoms with E-state index in [0.717, 1.165) is 10.8 Å². The first-order chi connectivity index (χ1) is 5.68. The molecular weight excluding hydrogens is 164 g/mol. The van der Waals surface area contributed by atoms with Crippen LogP contribution in [0.2, 0.25) is 0 Å². The normalized spacial score (nSPS) is 10.7. The summed E-state index contributed by atoms with van der Waals surface area (Å²) in [5.74, 6) is 0.792. The van der Waals surface area contributed by atoms with Crippen LogP contribution < -0.4 is 0 Å². The van der Waals surface area contributed by atoms with E-state index in [2.05, 4.69) is 50.7 Å². The van der Waals surface area contributed by atoms with Gasteiger partial charge in [0.2, 0.25) is 0 Å². The van der Waals surface area contributed by atoms with Crippen molar-refractivity contribution >= 4 is 12.6 Å². The second kappa shape index (κ2) is 4.56. The van der Waals surface area contributed by atoms with E-state index in [9.17, 15) is 0 Å². The lowest BCUT2D eigenvalue weighted by molar-refractivity contribution is 0.586. The fourth-order valence-electron chi connectivity index (χ4n) is 1.12. The Morgan fingerprint density at radius 2 is 1.75 bits per heavy atom. The Hall–Kier alpha value is -0.430. The van der Waals surface area contributed by atoms with E-state index in [1.807, 2.05) is 0 Å². The number of benzene rings is 1. The van der Waals surface area contributed by atoms with Crippen molar-refractivity contribution in [1.29, 1.82) is 0 Å². The molecular formula is C11H16S. The fraction of sp³-hybridized carbons (Fsp3) is 0.455. The highest BCUT2D eigenvalue weighted by Gasteiger charge is 1.95. The lowest BCUT2D eigenvalue weighted by atomic mass is 10.0. The molecule has 0 aliphatic carbocycles. The quantitative estimate of drug-likeness (QED) is 0.675. The molecule has 0 aliphatic rings. The molecule has 0 unspecified atom stereocenters. The van der Waals surface area contributed by atoms with Gasteiger partial charge >= 0.3 is 0 Å². The average molecular weight is 180 g/mol. The zero-order valence-electron chi connectivity index (χ0n) is 7.75. The molecule has 0 N–H and O–H groups in total. The average Bonchev–Trinajstić information content (AvgIpc) is 2.03. The number of thiol groups is 1. The van der Waals surface area contributed by atoms with Crippen molar-refractivity contribution in [3.63, 3.8) is 0 Å². The monoisotopic (exact) mass is 180 g/mol. The van der Waals surface area contributed by atoms with Gasteiger partial charge in [-0.15, -0.1) is 12.6 Å². The van der Waals surface area contributed by atoms with Gasteiger partial charge in [-0.25, -0.2) is 0 Å². The summed E-state index contributed by atoms with van der Waals surface area (Å²) in [5.41, 5.74) is 1.42. The third kappa shape index (κ3) is 3.31. The Labute approximate surface area is 80.4 Å². The number of rotatable bonds is 3. The zero-order chi connectivity index (χ0) is 8.97. The Bertz CT molecular complexity index is 223. The van der Waals surface area contributed by atoms with E-state index < -0.39 is 0 Å². The largest absolute Gasteiger partial charge is 0.143 e. The zero-order valence-corrected chi connectivity index (χ0v) is 8.64. The Balaban J connectivity index is 2.48. The van der Waals surface area contributed by atoms with Gasteiger partial charge in [0.1, 0.15) is 0 Å². The molecule has 1 aromatic rings. The Morgan fingerprint density at radius 3 is 2.25 bits per heavy atom. The molecule has 0 spiro atoms. The highest BCUT2D eigenvalue weighted by molar-refractivity contribution is 7.80. The van der Waals surface area contributed by atoms with Crippen LogP contribution in [-0.2, 0) is 6.42 Å². The van der Waals surface area contributed by atoms with Gasteiger partial charge in [-0.2, -0.15) is 0 Å². The molecule has 0 radical (unpaired) electrons. The van der Waals surface area contributed by atoms with Crippen LogP contribution in [0.4, 0.5) is 0 Å². The fourth-order valence-corrected chi connectivity index (χ4v) is 1.27. The number of hydrogen-bond donors (Lipinski definition) is 1. The SMILES string of the molecule is CC(C)CCc1ccc(S)cc1. The van der Waals surface area contributed by atoms with Crippen LogP contribution in [0.3, 0.4) is 0 Å². The molecule has 0 saturated carbocycles. The van der Waals surface area contributed by atoms with Gasteiger partial charge in [-0.3, -0.25) is 0 Å². The van der Waals surface area contributed by atoms with Crippen LogP contribution in [0, 0.1) is 5.92 Å². The third-order valence-corrected chi connectivity index (χ3v) is 2.24. The Morgan fingerprint density at radius 1 is 1.17 bits per heavy atom. The number of hydrogen-bond acceptors (Lipinski definition) is 1. The van der Waals surface area contributed by atoms with Gasteiger partial charge in [0, 0.05) is 4.90 Å². The molecule has 0 nitrogen and oxygen atoms in total. The summed E-state index contributed by atoms with van der Waals surface area (Å²) in [7, 11) is 0. The van der Waals surface area contributed by atoms with Crippen LogP contribution in [0.5, 0.6) is 0 Å². The summed E-state index contributed by atoms with van der Waals surface area (Å²) in [6, 6.07) is 8.42. The Kier molecular flexibility index (Phi) is 3.67. The van der Waals surface area contributed by atoms with Gasteiger partial charge in [-0.05, 0) is 36.5 Å². The molecule has 0 aromatic heterocycles. The van der Waals surface area contributed by atoms with Crippen LogP contribution in [0.25, 0.3) is 0 Å². The van der Waals surface area contributed by atoms with Crippen molar-refractivity contribution in [3.8, 4) is 0 Å².